The van der Waals surface area contributed by atoms with E-state index in [1.165, 1.54) is 6.26 Å². The summed E-state index contributed by atoms with van der Waals surface area (Å²) in [5, 5.41) is 22.4. The van der Waals surface area contributed by atoms with E-state index in [4.69, 9.17) is 5.11 Å². The molecule has 2 atom stereocenters. The molecule has 0 spiro atoms. The van der Waals surface area contributed by atoms with E-state index >= 15 is 0 Å². The lowest BCUT2D eigenvalue weighted by atomic mass is 10.1. The van der Waals surface area contributed by atoms with Crippen LogP contribution in [0.5, 0.6) is 0 Å². The van der Waals surface area contributed by atoms with Crippen molar-refractivity contribution < 1.29 is 24.0 Å². The topological polar surface area (TPSA) is 116 Å². The Kier molecular flexibility index (Phi) is 5.97. The Balaban J connectivity index is 3.82. The molecule has 0 rings (SSSR count). The highest BCUT2D eigenvalue weighted by Gasteiger charge is 2.30. The van der Waals surface area contributed by atoms with Crippen molar-refractivity contribution in [2.75, 3.05) is 25.1 Å². The Hall–Kier alpha value is -1.15. The second kappa shape index (κ2) is 6.44. The summed E-state index contributed by atoms with van der Waals surface area (Å²) < 4.78 is 10.7. The third kappa shape index (κ3) is 6.36. The molecule has 8 heteroatoms. The molecule has 0 aliphatic heterocycles. The summed E-state index contributed by atoms with van der Waals surface area (Å²) >= 11 is 0. The largest absolute Gasteiger partial charge is 0.479 e. The van der Waals surface area contributed by atoms with Crippen molar-refractivity contribution in [2.45, 2.75) is 12.5 Å². The maximum absolute atomic E-state index is 11.1. The average molecular weight is 252 g/mol. The Labute approximate surface area is 95.7 Å². The lowest BCUT2D eigenvalue weighted by molar-refractivity contribution is -0.155. The number of aliphatic hydroxyl groups is 1. The smallest absolute Gasteiger partial charge is 0.337 e. The molecule has 16 heavy (non-hydrogen) atoms. The quantitative estimate of drug-likeness (QED) is 0.459. The third-order valence-corrected chi connectivity index (χ3v) is 2.51. The van der Waals surface area contributed by atoms with Crippen LogP contribution in [-0.2, 0) is 15.6 Å². The molecule has 2 unspecified atom stereocenters. The van der Waals surface area contributed by atoms with Gasteiger partial charge in [-0.05, 0) is 6.92 Å². The zero-order valence-electron chi connectivity index (χ0n) is 9.15. The van der Waals surface area contributed by atoms with Gasteiger partial charge in [0, 0.05) is 29.4 Å². The maximum Gasteiger partial charge on any atom is 0.337 e. The van der Waals surface area contributed by atoms with E-state index in [0.717, 1.165) is 6.92 Å². The second-order valence-corrected chi connectivity index (χ2v) is 5.02. The van der Waals surface area contributed by atoms with Gasteiger partial charge in [0.15, 0.2) is 5.60 Å². The Morgan fingerprint density at radius 2 is 1.94 bits per heavy atom. The highest BCUT2D eigenvalue weighted by Crippen LogP contribution is 2.00. The molecule has 7 nitrogen and oxygen atoms in total. The number of carbonyl (C=O) groups is 2. The first-order chi connectivity index (χ1) is 7.25. The minimum absolute atomic E-state index is 0.226. The summed E-state index contributed by atoms with van der Waals surface area (Å²) in [6.45, 7) is 0.907. The zero-order valence-corrected chi connectivity index (χ0v) is 9.97. The Morgan fingerprint density at radius 3 is 2.38 bits per heavy atom. The summed E-state index contributed by atoms with van der Waals surface area (Å²) in [5.41, 5.74) is -2.00. The van der Waals surface area contributed by atoms with Crippen molar-refractivity contribution in [2.24, 2.45) is 0 Å². The number of rotatable bonds is 6. The van der Waals surface area contributed by atoms with Crippen LogP contribution in [0.4, 0.5) is 4.79 Å². The van der Waals surface area contributed by atoms with E-state index in [0.29, 0.717) is 5.75 Å². The molecular weight excluding hydrogens is 236 g/mol. The van der Waals surface area contributed by atoms with Gasteiger partial charge in [0.2, 0.25) is 0 Å². The SMILES string of the molecule is CS(=O)CCNC(=O)NCC(C)(O)C(=O)O. The van der Waals surface area contributed by atoms with Crippen molar-refractivity contribution in [1.82, 2.24) is 10.6 Å². The highest BCUT2D eigenvalue weighted by molar-refractivity contribution is 7.84. The normalized spacial score (nSPS) is 15.9. The summed E-state index contributed by atoms with van der Waals surface area (Å²) in [7, 11) is -0.996. The molecule has 0 heterocycles. The van der Waals surface area contributed by atoms with Gasteiger partial charge in [-0.25, -0.2) is 9.59 Å². The van der Waals surface area contributed by atoms with Gasteiger partial charge in [0.1, 0.15) is 0 Å². The number of carboxylic acids is 1. The van der Waals surface area contributed by atoms with Crippen molar-refractivity contribution >= 4 is 22.8 Å². The molecule has 4 N–H and O–H groups in total. The monoisotopic (exact) mass is 252 g/mol. The Morgan fingerprint density at radius 1 is 1.38 bits per heavy atom. The van der Waals surface area contributed by atoms with E-state index in [-0.39, 0.29) is 6.54 Å². The van der Waals surface area contributed by atoms with Gasteiger partial charge in [0.25, 0.3) is 0 Å². The predicted molar refractivity (Wildman–Crippen MR) is 58.6 cm³/mol. The standard InChI is InChI=1S/C8H16N2O5S/c1-8(14,6(11)12)5-10-7(13)9-3-4-16(2)15/h14H,3-5H2,1-2H3,(H,11,12)(H2,9,10,13). The summed E-state index contributed by atoms with van der Waals surface area (Å²) in [5.74, 6) is -1.09. The molecule has 0 aromatic rings. The van der Waals surface area contributed by atoms with Gasteiger partial charge >= 0.3 is 12.0 Å². The van der Waals surface area contributed by atoms with Crippen LogP contribution in [0, 0.1) is 0 Å². The fraction of sp³-hybridized carbons (Fsp3) is 0.750. The molecule has 0 radical (unpaired) electrons. The molecule has 0 bridgehead atoms. The van der Waals surface area contributed by atoms with E-state index in [9.17, 15) is 18.9 Å². The van der Waals surface area contributed by atoms with Crippen LogP contribution in [0.25, 0.3) is 0 Å². The number of urea groups is 1. The number of hydrogen-bond acceptors (Lipinski definition) is 4. The number of carbonyl (C=O) groups excluding carboxylic acids is 1. The molecule has 0 aliphatic carbocycles. The third-order valence-electron chi connectivity index (χ3n) is 1.73. The van der Waals surface area contributed by atoms with E-state index < -0.39 is 34.9 Å². The first-order valence-corrected chi connectivity index (χ1v) is 6.26. The van der Waals surface area contributed by atoms with Gasteiger partial charge < -0.3 is 20.8 Å². The van der Waals surface area contributed by atoms with E-state index in [1.807, 2.05) is 0 Å². The second-order valence-electron chi connectivity index (χ2n) is 3.47. The number of hydrogen-bond donors (Lipinski definition) is 4. The van der Waals surface area contributed by atoms with Crippen molar-refractivity contribution in [3.63, 3.8) is 0 Å². The molecule has 0 fully saturated rings. The first-order valence-electron chi connectivity index (χ1n) is 4.53. The minimum atomic E-state index is -2.00. The lowest BCUT2D eigenvalue weighted by Gasteiger charge is -2.18. The highest BCUT2D eigenvalue weighted by atomic mass is 32.2. The molecule has 0 saturated carbocycles. The molecule has 2 amide bonds. The van der Waals surface area contributed by atoms with Crippen LogP contribution < -0.4 is 10.6 Å². The van der Waals surface area contributed by atoms with E-state index in [1.54, 1.807) is 0 Å². The Bertz CT molecular complexity index is 292. The number of carboxylic acid groups (broad SMARTS) is 1. The van der Waals surface area contributed by atoms with Crippen molar-refractivity contribution in [3.8, 4) is 0 Å². The average Bonchev–Trinajstić information content (AvgIpc) is 2.14. The first kappa shape index (κ1) is 14.8. The van der Waals surface area contributed by atoms with Crippen LogP contribution in [0.15, 0.2) is 0 Å². The van der Waals surface area contributed by atoms with Gasteiger partial charge in [-0.3, -0.25) is 4.21 Å². The zero-order chi connectivity index (χ0) is 12.8. The number of amides is 2. The number of nitrogens with one attached hydrogen (secondary N) is 2. The lowest BCUT2D eigenvalue weighted by Crippen LogP contribution is -2.49. The molecule has 0 aromatic heterocycles. The van der Waals surface area contributed by atoms with Crippen LogP contribution in [0.2, 0.25) is 0 Å². The van der Waals surface area contributed by atoms with E-state index in [2.05, 4.69) is 10.6 Å². The molecule has 94 valence electrons. The van der Waals surface area contributed by atoms with Crippen LogP contribution in [0.3, 0.4) is 0 Å². The predicted octanol–water partition coefficient (Wildman–Crippen LogP) is -1.50. The van der Waals surface area contributed by atoms with Crippen molar-refractivity contribution in [3.05, 3.63) is 0 Å². The van der Waals surface area contributed by atoms with Crippen LogP contribution in [0.1, 0.15) is 6.92 Å². The summed E-state index contributed by atoms with van der Waals surface area (Å²) in [6, 6.07) is -0.605. The van der Waals surface area contributed by atoms with Gasteiger partial charge in [-0.1, -0.05) is 0 Å². The molecule has 0 saturated heterocycles. The van der Waals surface area contributed by atoms with Crippen LogP contribution in [-0.4, -0.2) is 57.1 Å². The fourth-order valence-corrected chi connectivity index (χ4v) is 1.09. The number of aliphatic carboxylic acids is 1. The maximum atomic E-state index is 11.1. The minimum Gasteiger partial charge on any atom is -0.479 e. The summed E-state index contributed by atoms with van der Waals surface area (Å²) in [6.07, 6.45) is 1.51. The van der Waals surface area contributed by atoms with Gasteiger partial charge in [0.05, 0.1) is 6.54 Å². The molecular formula is C8H16N2O5S. The van der Waals surface area contributed by atoms with Gasteiger partial charge in [-0.2, -0.15) is 0 Å². The van der Waals surface area contributed by atoms with Gasteiger partial charge in [-0.15, -0.1) is 0 Å². The fourth-order valence-electron chi connectivity index (χ4n) is 0.699. The molecule has 0 aromatic carbocycles. The van der Waals surface area contributed by atoms with Crippen molar-refractivity contribution in [1.29, 1.82) is 0 Å². The molecule has 0 aliphatic rings. The van der Waals surface area contributed by atoms with Crippen LogP contribution >= 0.6 is 0 Å². The summed E-state index contributed by atoms with van der Waals surface area (Å²) in [4.78, 5) is 21.5.